The molecule has 2 rings (SSSR count). The summed E-state index contributed by atoms with van der Waals surface area (Å²) in [6, 6.07) is -0.542. The number of nitrogens with zero attached hydrogens (tertiary/aromatic N) is 2. The minimum absolute atomic E-state index is 0.249. The lowest BCUT2D eigenvalue weighted by atomic mass is 10.1. The van der Waals surface area contributed by atoms with Gasteiger partial charge in [-0.3, -0.25) is 10.1 Å². The van der Waals surface area contributed by atoms with Gasteiger partial charge in [-0.25, -0.2) is 4.98 Å². The standard InChI is InChI=1S/C13H20ClN3O2/c1-17-10(14)8-15-12(17)11(13(18)19)16-9-6-4-2-3-5-7-9/h8-9,11,16H,2-7H2,1H3,(H,18,19). The molecular weight excluding hydrogens is 266 g/mol. The molecule has 1 fully saturated rings. The number of carboxylic acid groups (broad SMARTS) is 1. The van der Waals surface area contributed by atoms with Crippen LogP contribution in [0.1, 0.15) is 50.4 Å². The van der Waals surface area contributed by atoms with Crippen LogP contribution in [0.4, 0.5) is 0 Å². The van der Waals surface area contributed by atoms with E-state index in [0.717, 1.165) is 25.7 Å². The molecule has 106 valence electrons. The van der Waals surface area contributed by atoms with Gasteiger partial charge in [-0.2, -0.15) is 0 Å². The minimum atomic E-state index is -0.908. The van der Waals surface area contributed by atoms with Crippen molar-refractivity contribution in [2.45, 2.75) is 50.6 Å². The molecule has 1 unspecified atom stereocenters. The van der Waals surface area contributed by atoms with Crippen molar-refractivity contribution >= 4 is 17.6 Å². The number of halogens is 1. The number of carbonyl (C=O) groups is 1. The maximum absolute atomic E-state index is 11.5. The van der Waals surface area contributed by atoms with Gasteiger partial charge in [-0.15, -0.1) is 0 Å². The van der Waals surface area contributed by atoms with Gasteiger partial charge in [0.15, 0.2) is 6.04 Å². The Kier molecular flexibility index (Phi) is 4.82. The molecular formula is C13H20ClN3O2. The topological polar surface area (TPSA) is 67.2 Å². The van der Waals surface area contributed by atoms with Crippen LogP contribution < -0.4 is 5.32 Å². The largest absolute Gasteiger partial charge is 0.480 e. The summed E-state index contributed by atoms with van der Waals surface area (Å²) in [6.07, 6.45) is 8.34. The Labute approximate surface area is 118 Å². The fraction of sp³-hybridized carbons (Fsp3) is 0.692. The van der Waals surface area contributed by atoms with Crippen molar-refractivity contribution in [1.82, 2.24) is 14.9 Å². The van der Waals surface area contributed by atoms with Crippen LogP contribution in [0, 0.1) is 0 Å². The highest BCUT2D eigenvalue weighted by Crippen LogP contribution is 2.22. The number of imidazole rings is 1. The van der Waals surface area contributed by atoms with E-state index in [1.54, 1.807) is 11.6 Å². The number of hydrogen-bond acceptors (Lipinski definition) is 3. The second-order valence-corrected chi connectivity index (χ2v) is 5.51. The van der Waals surface area contributed by atoms with Crippen molar-refractivity contribution in [3.05, 3.63) is 17.2 Å². The molecule has 1 aromatic heterocycles. The Morgan fingerprint density at radius 2 is 2.11 bits per heavy atom. The average Bonchev–Trinajstić information content (AvgIpc) is 2.60. The molecule has 1 aromatic rings. The number of nitrogens with one attached hydrogen (secondary N) is 1. The molecule has 1 aliphatic rings. The van der Waals surface area contributed by atoms with Crippen molar-refractivity contribution in [3.63, 3.8) is 0 Å². The average molecular weight is 286 g/mol. The first kappa shape index (κ1) is 14.3. The van der Waals surface area contributed by atoms with E-state index in [2.05, 4.69) is 10.3 Å². The summed E-state index contributed by atoms with van der Waals surface area (Å²) >= 11 is 5.93. The van der Waals surface area contributed by atoms with E-state index in [9.17, 15) is 9.90 Å². The summed E-state index contributed by atoms with van der Waals surface area (Å²) < 4.78 is 1.62. The van der Waals surface area contributed by atoms with Gasteiger partial charge < -0.3 is 9.67 Å². The molecule has 1 heterocycles. The highest BCUT2D eigenvalue weighted by molar-refractivity contribution is 6.29. The molecule has 0 amide bonds. The molecule has 0 bridgehead atoms. The number of carboxylic acids is 1. The van der Waals surface area contributed by atoms with E-state index in [1.807, 2.05) is 0 Å². The lowest BCUT2D eigenvalue weighted by Gasteiger charge is -2.21. The maximum Gasteiger partial charge on any atom is 0.328 e. The maximum atomic E-state index is 11.5. The Hall–Kier alpha value is -1.07. The van der Waals surface area contributed by atoms with Gasteiger partial charge in [0.05, 0.1) is 6.20 Å². The summed E-state index contributed by atoms with van der Waals surface area (Å²) in [7, 11) is 1.73. The zero-order chi connectivity index (χ0) is 13.8. The molecule has 1 atom stereocenters. The van der Waals surface area contributed by atoms with Gasteiger partial charge in [-0.05, 0) is 12.8 Å². The van der Waals surface area contributed by atoms with Gasteiger partial charge in [-0.1, -0.05) is 37.3 Å². The van der Waals surface area contributed by atoms with E-state index < -0.39 is 12.0 Å². The van der Waals surface area contributed by atoms with Crippen LogP contribution in [0.5, 0.6) is 0 Å². The highest BCUT2D eigenvalue weighted by atomic mass is 35.5. The quantitative estimate of drug-likeness (QED) is 0.834. The number of hydrogen-bond donors (Lipinski definition) is 2. The lowest BCUT2D eigenvalue weighted by Crippen LogP contribution is -2.38. The summed E-state index contributed by atoms with van der Waals surface area (Å²) in [5, 5.41) is 13.1. The zero-order valence-corrected chi connectivity index (χ0v) is 11.9. The van der Waals surface area contributed by atoms with Crippen LogP contribution in [0.15, 0.2) is 6.20 Å². The van der Waals surface area contributed by atoms with Crippen LogP contribution in [0.25, 0.3) is 0 Å². The molecule has 0 aromatic carbocycles. The first-order valence-electron chi connectivity index (χ1n) is 6.75. The van der Waals surface area contributed by atoms with E-state index >= 15 is 0 Å². The van der Waals surface area contributed by atoms with Gasteiger partial charge in [0.25, 0.3) is 0 Å². The van der Waals surface area contributed by atoms with Crippen molar-refractivity contribution in [2.24, 2.45) is 7.05 Å². The van der Waals surface area contributed by atoms with Gasteiger partial charge >= 0.3 is 5.97 Å². The van der Waals surface area contributed by atoms with E-state index in [0.29, 0.717) is 11.0 Å². The molecule has 6 heteroatoms. The lowest BCUT2D eigenvalue weighted by molar-refractivity contribution is -0.140. The smallest absolute Gasteiger partial charge is 0.328 e. The molecule has 0 spiro atoms. The molecule has 5 nitrogen and oxygen atoms in total. The van der Waals surface area contributed by atoms with Gasteiger partial charge in [0.1, 0.15) is 11.0 Å². The van der Waals surface area contributed by atoms with Crippen molar-refractivity contribution in [2.75, 3.05) is 0 Å². The Balaban J connectivity index is 2.12. The van der Waals surface area contributed by atoms with Crippen molar-refractivity contribution < 1.29 is 9.90 Å². The summed E-state index contributed by atoms with van der Waals surface area (Å²) in [6.45, 7) is 0. The van der Waals surface area contributed by atoms with Crippen molar-refractivity contribution in [3.8, 4) is 0 Å². The minimum Gasteiger partial charge on any atom is -0.480 e. The monoisotopic (exact) mass is 285 g/mol. The Morgan fingerprint density at radius 3 is 2.58 bits per heavy atom. The molecule has 2 N–H and O–H groups in total. The summed E-state index contributed by atoms with van der Waals surface area (Å²) in [4.78, 5) is 15.6. The van der Waals surface area contributed by atoms with E-state index in [4.69, 9.17) is 11.6 Å². The summed E-state index contributed by atoms with van der Waals surface area (Å²) in [5.74, 6) is -0.448. The third kappa shape index (κ3) is 3.48. The van der Waals surface area contributed by atoms with Crippen molar-refractivity contribution in [1.29, 1.82) is 0 Å². The Bertz CT molecular complexity index is 439. The molecule has 0 radical (unpaired) electrons. The number of aliphatic carboxylic acids is 1. The predicted octanol–water partition coefficient (Wildman–Crippen LogP) is 2.51. The fourth-order valence-corrected chi connectivity index (χ4v) is 2.74. The second kappa shape index (κ2) is 6.39. The number of rotatable bonds is 4. The van der Waals surface area contributed by atoms with Crippen LogP contribution >= 0.6 is 11.6 Å². The normalized spacial score (nSPS) is 19.1. The zero-order valence-electron chi connectivity index (χ0n) is 11.1. The van der Waals surface area contributed by atoms with E-state index in [-0.39, 0.29) is 6.04 Å². The van der Waals surface area contributed by atoms with Gasteiger partial charge in [0.2, 0.25) is 0 Å². The first-order chi connectivity index (χ1) is 9.09. The predicted molar refractivity (Wildman–Crippen MR) is 73.2 cm³/mol. The molecule has 19 heavy (non-hydrogen) atoms. The first-order valence-corrected chi connectivity index (χ1v) is 7.13. The van der Waals surface area contributed by atoms with Crippen LogP contribution in [0.2, 0.25) is 5.15 Å². The van der Waals surface area contributed by atoms with Gasteiger partial charge in [0, 0.05) is 13.1 Å². The van der Waals surface area contributed by atoms with Crippen LogP contribution in [-0.2, 0) is 11.8 Å². The van der Waals surface area contributed by atoms with Crippen LogP contribution in [-0.4, -0.2) is 26.7 Å². The second-order valence-electron chi connectivity index (χ2n) is 5.12. The molecule has 1 aliphatic carbocycles. The Morgan fingerprint density at radius 1 is 1.47 bits per heavy atom. The van der Waals surface area contributed by atoms with E-state index in [1.165, 1.54) is 19.0 Å². The van der Waals surface area contributed by atoms with Crippen LogP contribution in [0.3, 0.4) is 0 Å². The molecule has 1 saturated carbocycles. The number of aromatic nitrogens is 2. The molecule has 0 saturated heterocycles. The fourth-order valence-electron chi connectivity index (χ4n) is 2.61. The third-order valence-electron chi connectivity index (χ3n) is 3.73. The summed E-state index contributed by atoms with van der Waals surface area (Å²) in [5.41, 5.74) is 0. The highest BCUT2D eigenvalue weighted by Gasteiger charge is 2.27. The SMILES string of the molecule is Cn1c(Cl)cnc1C(NC1CCCCCC1)C(=O)O. The molecule has 0 aliphatic heterocycles. The third-order valence-corrected chi connectivity index (χ3v) is 4.08.